The lowest BCUT2D eigenvalue weighted by Gasteiger charge is -2.33. The lowest BCUT2D eigenvalue weighted by Crippen LogP contribution is -2.37. The third-order valence-corrected chi connectivity index (χ3v) is 5.60. The maximum Gasteiger partial charge on any atom is 0.241 e. The number of aryl methyl sites for hydroxylation is 1. The zero-order valence-corrected chi connectivity index (χ0v) is 18.9. The van der Waals surface area contributed by atoms with Crippen LogP contribution in [0.15, 0.2) is 48.5 Å². The van der Waals surface area contributed by atoms with Crippen LogP contribution in [0.25, 0.3) is 0 Å². The third kappa shape index (κ3) is 7.00. The number of benzene rings is 2. The molecule has 0 aliphatic carbocycles. The number of nitrogens with two attached hydrogens (primary N) is 1. The van der Waals surface area contributed by atoms with Crippen molar-refractivity contribution < 1.29 is 4.79 Å². The maximum atomic E-state index is 12.5. The van der Waals surface area contributed by atoms with E-state index in [9.17, 15) is 4.79 Å². The van der Waals surface area contributed by atoms with E-state index in [0.29, 0.717) is 12.6 Å². The Morgan fingerprint density at radius 1 is 1.10 bits per heavy atom. The number of carbonyl (C=O) groups is 1. The lowest BCUT2D eigenvalue weighted by atomic mass is 10.0. The number of amides is 1. The Balaban J connectivity index is 0.00000210. The molecular weight excluding hydrogens is 405 g/mol. The van der Waals surface area contributed by atoms with Gasteiger partial charge in [-0.3, -0.25) is 9.69 Å². The predicted octanol–water partition coefficient (Wildman–Crippen LogP) is 4.53. The van der Waals surface area contributed by atoms with Crippen molar-refractivity contribution in [2.45, 2.75) is 58.3 Å². The highest BCUT2D eigenvalue weighted by molar-refractivity contribution is 5.85. The SMILES string of the molecule is Cc1ccc(C(N)C(=O)NCc2ccccc2CN2CCCCC2C)cc1.Cl.Cl. The molecule has 6 heteroatoms. The van der Waals surface area contributed by atoms with Crippen LogP contribution >= 0.6 is 24.8 Å². The second-order valence-corrected chi connectivity index (χ2v) is 7.69. The van der Waals surface area contributed by atoms with E-state index in [1.54, 1.807) is 0 Å². The fourth-order valence-electron chi connectivity index (χ4n) is 3.71. The molecule has 3 N–H and O–H groups in total. The molecule has 2 aromatic carbocycles. The molecule has 1 aliphatic heterocycles. The number of nitrogens with zero attached hydrogens (tertiary/aromatic N) is 1. The quantitative estimate of drug-likeness (QED) is 0.697. The van der Waals surface area contributed by atoms with Crippen LogP contribution in [0, 0.1) is 6.92 Å². The van der Waals surface area contributed by atoms with Gasteiger partial charge in [0.05, 0.1) is 0 Å². The van der Waals surface area contributed by atoms with Gasteiger partial charge in [-0.05, 0) is 49.9 Å². The molecule has 0 bridgehead atoms. The van der Waals surface area contributed by atoms with Gasteiger partial charge in [0.15, 0.2) is 0 Å². The molecule has 0 radical (unpaired) electrons. The molecular formula is C23H33Cl2N3O. The van der Waals surface area contributed by atoms with Crippen molar-refractivity contribution in [1.82, 2.24) is 10.2 Å². The first kappa shape index (κ1) is 25.4. The average Bonchev–Trinajstić information content (AvgIpc) is 2.69. The van der Waals surface area contributed by atoms with Crippen LogP contribution < -0.4 is 11.1 Å². The van der Waals surface area contributed by atoms with Gasteiger partial charge >= 0.3 is 0 Å². The monoisotopic (exact) mass is 437 g/mol. The van der Waals surface area contributed by atoms with Crippen molar-refractivity contribution in [1.29, 1.82) is 0 Å². The number of carbonyl (C=O) groups excluding carboxylic acids is 1. The maximum absolute atomic E-state index is 12.5. The highest BCUT2D eigenvalue weighted by atomic mass is 35.5. The van der Waals surface area contributed by atoms with Crippen molar-refractivity contribution in [3.8, 4) is 0 Å². The van der Waals surface area contributed by atoms with E-state index in [0.717, 1.165) is 24.2 Å². The van der Waals surface area contributed by atoms with E-state index in [-0.39, 0.29) is 30.7 Å². The lowest BCUT2D eigenvalue weighted by molar-refractivity contribution is -0.122. The molecule has 1 fully saturated rings. The summed E-state index contributed by atoms with van der Waals surface area (Å²) in [7, 11) is 0. The van der Waals surface area contributed by atoms with Crippen LogP contribution in [0.4, 0.5) is 0 Å². The number of halogens is 2. The summed E-state index contributed by atoms with van der Waals surface area (Å²) in [5.41, 5.74) is 10.6. The molecule has 2 atom stereocenters. The van der Waals surface area contributed by atoms with Crippen LogP contribution in [0.1, 0.15) is 54.5 Å². The first-order chi connectivity index (χ1) is 13.0. The second kappa shape index (κ2) is 12.2. The fourth-order valence-corrected chi connectivity index (χ4v) is 3.71. The zero-order chi connectivity index (χ0) is 19.2. The third-order valence-electron chi connectivity index (χ3n) is 5.60. The van der Waals surface area contributed by atoms with Crippen molar-refractivity contribution in [2.75, 3.05) is 6.54 Å². The van der Waals surface area contributed by atoms with Gasteiger partial charge in [-0.2, -0.15) is 0 Å². The molecule has 2 unspecified atom stereocenters. The standard InChI is InChI=1S/C23H31N3O.2ClH/c1-17-10-12-19(13-11-17)22(24)23(27)25-15-20-8-3-4-9-21(20)16-26-14-6-5-7-18(26)2;;/h3-4,8-13,18,22H,5-7,14-16,24H2,1-2H3,(H,25,27);2*1H. The fraction of sp³-hybridized carbons (Fsp3) is 0.435. The normalized spacial score (nSPS) is 17.6. The number of likely N-dealkylation sites (tertiary alicyclic amines) is 1. The van der Waals surface area contributed by atoms with Crippen molar-refractivity contribution >= 4 is 30.7 Å². The van der Waals surface area contributed by atoms with Gasteiger partial charge < -0.3 is 11.1 Å². The highest BCUT2D eigenvalue weighted by Gasteiger charge is 2.20. The van der Waals surface area contributed by atoms with Gasteiger partial charge in [0.1, 0.15) is 6.04 Å². The van der Waals surface area contributed by atoms with E-state index < -0.39 is 6.04 Å². The Labute approximate surface area is 187 Å². The minimum atomic E-state index is -0.639. The summed E-state index contributed by atoms with van der Waals surface area (Å²) in [6.07, 6.45) is 3.87. The summed E-state index contributed by atoms with van der Waals surface area (Å²) < 4.78 is 0. The van der Waals surface area contributed by atoms with Crippen molar-refractivity contribution in [3.63, 3.8) is 0 Å². The summed E-state index contributed by atoms with van der Waals surface area (Å²) >= 11 is 0. The Kier molecular flexibility index (Phi) is 10.7. The first-order valence-corrected chi connectivity index (χ1v) is 9.95. The number of nitrogens with one attached hydrogen (secondary N) is 1. The Hall–Kier alpha value is -1.59. The number of piperidine rings is 1. The summed E-state index contributed by atoms with van der Waals surface area (Å²) in [4.78, 5) is 15.1. The molecule has 29 heavy (non-hydrogen) atoms. The van der Waals surface area contributed by atoms with E-state index in [4.69, 9.17) is 5.73 Å². The topological polar surface area (TPSA) is 58.4 Å². The van der Waals surface area contributed by atoms with E-state index in [1.807, 2.05) is 37.3 Å². The summed E-state index contributed by atoms with van der Waals surface area (Å²) in [5.74, 6) is -0.139. The molecule has 4 nitrogen and oxygen atoms in total. The Bertz CT molecular complexity index is 767. The molecule has 0 spiro atoms. The smallest absolute Gasteiger partial charge is 0.241 e. The average molecular weight is 438 g/mol. The van der Waals surface area contributed by atoms with Crippen LogP contribution in [-0.2, 0) is 17.9 Å². The van der Waals surface area contributed by atoms with Gasteiger partial charge in [0.2, 0.25) is 5.91 Å². The molecule has 3 rings (SSSR count). The molecule has 1 amide bonds. The van der Waals surface area contributed by atoms with Crippen LogP contribution in [0.5, 0.6) is 0 Å². The van der Waals surface area contributed by atoms with Crippen LogP contribution in [0.2, 0.25) is 0 Å². The second-order valence-electron chi connectivity index (χ2n) is 7.69. The Morgan fingerprint density at radius 2 is 1.76 bits per heavy atom. The van der Waals surface area contributed by atoms with Gasteiger partial charge in [0, 0.05) is 19.1 Å². The molecule has 0 aromatic heterocycles. The Morgan fingerprint density at radius 3 is 2.41 bits per heavy atom. The van der Waals surface area contributed by atoms with Crippen molar-refractivity contribution in [3.05, 3.63) is 70.8 Å². The van der Waals surface area contributed by atoms with Gasteiger partial charge in [-0.1, -0.05) is 60.5 Å². The van der Waals surface area contributed by atoms with Gasteiger partial charge in [-0.25, -0.2) is 0 Å². The molecule has 2 aromatic rings. The summed E-state index contributed by atoms with van der Waals surface area (Å²) in [5, 5.41) is 3.02. The van der Waals surface area contributed by atoms with Crippen LogP contribution in [0.3, 0.4) is 0 Å². The number of rotatable bonds is 6. The molecule has 0 saturated carbocycles. The summed E-state index contributed by atoms with van der Waals surface area (Å²) in [6, 6.07) is 16.2. The molecule has 1 saturated heterocycles. The van der Waals surface area contributed by atoms with Crippen molar-refractivity contribution in [2.24, 2.45) is 5.73 Å². The van der Waals surface area contributed by atoms with E-state index in [1.165, 1.54) is 30.4 Å². The molecule has 1 heterocycles. The first-order valence-electron chi connectivity index (χ1n) is 9.95. The van der Waals surface area contributed by atoms with Gasteiger partial charge in [-0.15, -0.1) is 24.8 Å². The molecule has 160 valence electrons. The molecule has 1 aliphatic rings. The van der Waals surface area contributed by atoms with Crippen LogP contribution in [-0.4, -0.2) is 23.4 Å². The van der Waals surface area contributed by atoms with Gasteiger partial charge in [0.25, 0.3) is 0 Å². The number of hydrogen-bond donors (Lipinski definition) is 2. The van der Waals surface area contributed by atoms with E-state index >= 15 is 0 Å². The predicted molar refractivity (Wildman–Crippen MR) is 125 cm³/mol. The van der Waals surface area contributed by atoms with E-state index in [2.05, 4.69) is 35.3 Å². The zero-order valence-electron chi connectivity index (χ0n) is 17.3. The largest absolute Gasteiger partial charge is 0.350 e. The summed E-state index contributed by atoms with van der Waals surface area (Å²) in [6.45, 7) is 6.94. The minimum absolute atomic E-state index is 0. The highest BCUT2D eigenvalue weighted by Crippen LogP contribution is 2.21. The number of hydrogen-bond acceptors (Lipinski definition) is 3. The minimum Gasteiger partial charge on any atom is -0.350 e.